The van der Waals surface area contributed by atoms with E-state index in [0.717, 1.165) is 15.7 Å². The Labute approximate surface area is 125 Å². The van der Waals surface area contributed by atoms with Crippen molar-refractivity contribution in [2.24, 2.45) is 0 Å². The first kappa shape index (κ1) is 14.7. The van der Waals surface area contributed by atoms with Crippen LogP contribution in [0.4, 0.5) is 0 Å². The average molecular weight is 338 g/mol. The van der Waals surface area contributed by atoms with Crippen molar-refractivity contribution >= 4 is 21.8 Å². The first-order chi connectivity index (χ1) is 9.60. The first-order valence-corrected chi connectivity index (χ1v) is 6.98. The van der Waals surface area contributed by atoms with Crippen molar-refractivity contribution in [3.8, 4) is 11.3 Å². The van der Waals surface area contributed by atoms with Gasteiger partial charge >= 0.3 is 0 Å². The Bertz CT molecular complexity index is 580. The third kappa shape index (κ3) is 3.68. The van der Waals surface area contributed by atoms with E-state index in [-0.39, 0.29) is 18.6 Å². The number of amides is 1. The van der Waals surface area contributed by atoms with E-state index >= 15 is 0 Å². The summed E-state index contributed by atoms with van der Waals surface area (Å²) in [6.07, 6.45) is 1.76. The number of halogens is 1. The lowest BCUT2D eigenvalue weighted by molar-refractivity contribution is -0.125. The molecule has 1 aromatic carbocycles. The largest absolute Gasteiger partial charge is 0.375 e. The summed E-state index contributed by atoms with van der Waals surface area (Å²) in [7, 11) is 1.49. The van der Waals surface area contributed by atoms with E-state index in [4.69, 9.17) is 4.74 Å². The van der Waals surface area contributed by atoms with Crippen LogP contribution in [0, 0.1) is 0 Å². The van der Waals surface area contributed by atoms with Crippen molar-refractivity contribution in [2.45, 2.75) is 13.0 Å². The van der Waals surface area contributed by atoms with Gasteiger partial charge in [-0.05, 0) is 24.6 Å². The van der Waals surface area contributed by atoms with E-state index in [1.165, 1.54) is 7.11 Å². The van der Waals surface area contributed by atoms with Gasteiger partial charge in [-0.3, -0.25) is 4.79 Å². The van der Waals surface area contributed by atoms with Gasteiger partial charge in [0, 0.05) is 11.6 Å². The number of carbonyl (C=O) groups is 1. The molecule has 5 nitrogen and oxygen atoms in total. The predicted octanol–water partition coefficient (Wildman–Crippen LogP) is 2.66. The highest BCUT2D eigenvalue weighted by molar-refractivity contribution is 9.10. The van der Waals surface area contributed by atoms with E-state index in [9.17, 15) is 4.79 Å². The Morgan fingerprint density at radius 3 is 2.80 bits per heavy atom. The van der Waals surface area contributed by atoms with Gasteiger partial charge in [-0.15, -0.1) is 0 Å². The third-order valence-corrected chi connectivity index (χ3v) is 3.34. The minimum atomic E-state index is -0.193. The second-order valence-electron chi connectivity index (χ2n) is 4.41. The lowest BCUT2D eigenvalue weighted by Gasteiger charge is -2.10. The molecule has 1 heterocycles. The monoisotopic (exact) mass is 337 g/mol. The summed E-state index contributed by atoms with van der Waals surface area (Å²) in [5.41, 5.74) is 1.96. The van der Waals surface area contributed by atoms with Crippen molar-refractivity contribution in [3.05, 3.63) is 40.8 Å². The van der Waals surface area contributed by atoms with Gasteiger partial charge in [-0.2, -0.15) is 0 Å². The molecule has 0 spiro atoms. The number of aromatic amines is 1. The average Bonchev–Trinajstić information content (AvgIpc) is 2.89. The Balaban J connectivity index is 2.08. The standard InChI is InChI=1S/C14H16BrN3O2/c1-9(17-13(19)8-20-2)14-16-7-12(18-14)10-3-5-11(15)6-4-10/h3-7,9H,8H2,1-2H3,(H,16,18)(H,17,19)/t9-/m0/s1. The molecule has 0 fully saturated rings. The molecule has 2 aromatic rings. The minimum Gasteiger partial charge on any atom is -0.375 e. The Hall–Kier alpha value is -1.66. The molecule has 2 rings (SSSR count). The molecule has 0 unspecified atom stereocenters. The number of hydrogen-bond donors (Lipinski definition) is 2. The maximum Gasteiger partial charge on any atom is 0.246 e. The second-order valence-corrected chi connectivity index (χ2v) is 5.33. The predicted molar refractivity (Wildman–Crippen MR) is 80.2 cm³/mol. The molecular formula is C14H16BrN3O2. The van der Waals surface area contributed by atoms with Crippen LogP contribution < -0.4 is 5.32 Å². The molecule has 0 aliphatic heterocycles. The Morgan fingerprint density at radius 1 is 1.45 bits per heavy atom. The lowest BCUT2D eigenvalue weighted by atomic mass is 10.2. The van der Waals surface area contributed by atoms with Gasteiger partial charge in [0.05, 0.1) is 17.9 Å². The number of benzene rings is 1. The summed E-state index contributed by atoms with van der Waals surface area (Å²) in [4.78, 5) is 19.0. The zero-order valence-electron chi connectivity index (χ0n) is 11.3. The molecule has 2 N–H and O–H groups in total. The molecule has 0 radical (unpaired) electrons. The number of nitrogens with one attached hydrogen (secondary N) is 2. The molecule has 0 bridgehead atoms. The third-order valence-electron chi connectivity index (χ3n) is 2.81. The van der Waals surface area contributed by atoms with Gasteiger partial charge in [0.2, 0.25) is 5.91 Å². The van der Waals surface area contributed by atoms with E-state index < -0.39 is 0 Å². The number of rotatable bonds is 5. The van der Waals surface area contributed by atoms with Gasteiger partial charge in [-0.25, -0.2) is 4.98 Å². The van der Waals surface area contributed by atoms with Gasteiger partial charge in [0.1, 0.15) is 12.4 Å². The molecule has 20 heavy (non-hydrogen) atoms. The highest BCUT2D eigenvalue weighted by Gasteiger charge is 2.13. The van der Waals surface area contributed by atoms with E-state index in [1.807, 2.05) is 31.2 Å². The Kier molecular flexibility index (Phi) is 4.92. The summed E-state index contributed by atoms with van der Waals surface area (Å²) in [6, 6.07) is 7.74. The fourth-order valence-corrected chi connectivity index (χ4v) is 2.08. The van der Waals surface area contributed by atoms with Crippen molar-refractivity contribution in [1.29, 1.82) is 0 Å². The Morgan fingerprint density at radius 2 is 2.15 bits per heavy atom. The number of hydrogen-bond acceptors (Lipinski definition) is 3. The summed E-state index contributed by atoms with van der Waals surface area (Å²) in [6.45, 7) is 1.92. The van der Waals surface area contributed by atoms with Crippen LogP contribution in [0.15, 0.2) is 34.9 Å². The number of ether oxygens (including phenoxy) is 1. The molecule has 6 heteroatoms. The zero-order valence-corrected chi connectivity index (χ0v) is 12.9. The SMILES string of the molecule is COCC(=O)N[C@@H](C)c1ncc(-c2ccc(Br)cc2)[nH]1. The molecule has 1 amide bonds. The number of carbonyl (C=O) groups excluding carboxylic acids is 1. The van der Waals surface area contributed by atoms with Crippen molar-refractivity contribution in [3.63, 3.8) is 0 Å². The van der Waals surface area contributed by atoms with Crippen molar-refractivity contribution in [1.82, 2.24) is 15.3 Å². The highest BCUT2D eigenvalue weighted by Crippen LogP contribution is 2.21. The first-order valence-electron chi connectivity index (χ1n) is 6.19. The van der Waals surface area contributed by atoms with Crippen LogP contribution in [0.25, 0.3) is 11.3 Å². The fraction of sp³-hybridized carbons (Fsp3) is 0.286. The number of imidazole rings is 1. The quantitative estimate of drug-likeness (QED) is 0.881. The molecule has 1 aromatic heterocycles. The molecule has 0 saturated heterocycles. The topological polar surface area (TPSA) is 67.0 Å². The smallest absolute Gasteiger partial charge is 0.246 e. The summed E-state index contributed by atoms with van der Waals surface area (Å²) in [5.74, 6) is 0.550. The van der Waals surface area contributed by atoms with Gasteiger partial charge in [0.15, 0.2) is 0 Å². The molecular weight excluding hydrogens is 322 g/mol. The van der Waals surface area contributed by atoms with Gasteiger partial charge < -0.3 is 15.0 Å². The lowest BCUT2D eigenvalue weighted by Crippen LogP contribution is -2.30. The van der Waals surface area contributed by atoms with E-state index in [2.05, 4.69) is 31.2 Å². The maximum atomic E-state index is 11.5. The van der Waals surface area contributed by atoms with Crippen LogP contribution in [-0.2, 0) is 9.53 Å². The number of methoxy groups -OCH3 is 1. The number of H-pyrrole nitrogens is 1. The van der Waals surface area contributed by atoms with Crippen molar-refractivity contribution < 1.29 is 9.53 Å². The van der Waals surface area contributed by atoms with E-state index in [0.29, 0.717) is 5.82 Å². The van der Waals surface area contributed by atoms with Crippen LogP contribution in [-0.4, -0.2) is 29.6 Å². The van der Waals surface area contributed by atoms with Crippen LogP contribution in [0.1, 0.15) is 18.8 Å². The van der Waals surface area contributed by atoms with Crippen molar-refractivity contribution in [2.75, 3.05) is 13.7 Å². The van der Waals surface area contributed by atoms with E-state index in [1.54, 1.807) is 6.20 Å². The van der Waals surface area contributed by atoms with Gasteiger partial charge in [-0.1, -0.05) is 28.1 Å². The van der Waals surface area contributed by atoms with Crippen LogP contribution in [0.5, 0.6) is 0 Å². The summed E-state index contributed by atoms with van der Waals surface area (Å²) >= 11 is 3.40. The summed E-state index contributed by atoms with van der Waals surface area (Å²) < 4.78 is 5.81. The normalized spacial score (nSPS) is 12.2. The molecule has 0 aliphatic carbocycles. The zero-order chi connectivity index (χ0) is 14.5. The summed E-state index contributed by atoms with van der Waals surface area (Å²) in [5, 5.41) is 2.81. The highest BCUT2D eigenvalue weighted by atomic mass is 79.9. The second kappa shape index (κ2) is 6.67. The molecule has 0 aliphatic rings. The number of nitrogens with zero attached hydrogens (tertiary/aromatic N) is 1. The molecule has 1 atom stereocenters. The van der Waals surface area contributed by atoms with Crippen LogP contribution >= 0.6 is 15.9 Å². The maximum absolute atomic E-state index is 11.5. The van der Waals surface area contributed by atoms with Crippen LogP contribution in [0.3, 0.4) is 0 Å². The molecule has 106 valence electrons. The van der Waals surface area contributed by atoms with Crippen LogP contribution in [0.2, 0.25) is 0 Å². The number of aromatic nitrogens is 2. The minimum absolute atomic E-state index is 0.0462. The van der Waals surface area contributed by atoms with Gasteiger partial charge in [0.25, 0.3) is 0 Å². The molecule has 0 saturated carbocycles. The fourth-order valence-electron chi connectivity index (χ4n) is 1.82.